The predicted molar refractivity (Wildman–Crippen MR) is 99.1 cm³/mol. The van der Waals surface area contributed by atoms with Crippen LogP contribution in [-0.2, 0) is 11.3 Å². The summed E-state index contributed by atoms with van der Waals surface area (Å²) in [6.45, 7) is 8.72. The Hall–Kier alpha value is -0.810. The lowest BCUT2D eigenvalue weighted by atomic mass is 9.87. The summed E-state index contributed by atoms with van der Waals surface area (Å²) in [5.41, 5.74) is 8.79. The number of nitrogens with zero attached hydrogens (tertiary/aromatic N) is 1. The van der Waals surface area contributed by atoms with Crippen molar-refractivity contribution in [3.05, 3.63) is 29.3 Å². The Morgan fingerprint density at radius 3 is 2.27 bits per heavy atom. The maximum absolute atomic E-state index is 12.2. The average molecular weight is 350 g/mol. The van der Waals surface area contributed by atoms with Crippen LogP contribution in [0.2, 0.25) is 0 Å². The molecule has 1 rings (SSSR count). The number of hydrogen-bond donors (Lipinski definition) is 2. The molecule has 0 bridgehead atoms. The van der Waals surface area contributed by atoms with Gasteiger partial charge in [-0.3, -0.25) is 4.79 Å². The summed E-state index contributed by atoms with van der Waals surface area (Å²) in [4.78, 5) is 14.3. The lowest BCUT2D eigenvalue weighted by molar-refractivity contribution is -0.119. The molecular weight excluding hydrogens is 321 g/mol. The van der Waals surface area contributed by atoms with E-state index in [1.807, 2.05) is 53.9 Å². The molecule has 1 aromatic rings. The van der Waals surface area contributed by atoms with Gasteiger partial charge in [-0.1, -0.05) is 32.9 Å². The molecule has 1 aromatic carbocycles. The highest BCUT2D eigenvalue weighted by molar-refractivity contribution is 5.95. The van der Waals surface area contributed by atoms with Gasteiger partial charge in [0.05, 0.1) is 6.04 Å². The quantitative estimate of drug-likeness (QED) is 0.877. The normalized spacial score (nSPS) is 12.2. The lowest BCUT2D eigenvalue weighted by Crippen LogP contribution is -2.45. The molecular formula is C16H29Cl2N3O. The van der Waals surface area contributed by atoms with E-state index in [9.17, 15) is 4.79 Å². The third-order valence-corrected chi connectivity index (χ3v) is 3.27. The largest absolute Gasteiger partial charge is 0.324 e. The minimum absolute atomic E-state index is 0. The number of halogens is 2. The monoisotopic (exact) mass is 349 g/mol. The first-order valence-electron chi connectivity index (χ1n) is 6.92. The molecule has 0 aliphatic carbocycles. The van der Waals surface area contributed by atoms with Crippen molar-refractivity contribution in [2.75, 3.05) is 19.4 Å². The van der Waals surface area contributed by atoms with Gasteiger partial charge in [0.15, 0.2) is 0 Å². The zero-order valence-electron chi connectivity index (χ0n) is 14.3. The molecule has 0 spiro atoms. The first kappa shape index (κ1) is 23.5. The zero-order valence-corrected chi connectivity index (χ0v) is 15.9. The van der Waals surface area contributed by atoms with Crippen molar-refractivity contribution in [3.63, 3.8) is 0 Å². The van der Waals surface area contributed by atoms with Crippen LogP contribution < -0.4 is 11.1 Å². The highest BCUT2D eigenvalue weighted by Gasteiger charge is 2.27. The number of rotatable bonds is 4. The van der Waals surface area contributed by atoms with Gasteiger partial charge in [-0.2, -0.15) is 0 Å². The fourth-order valence-electron chi connectivity index (χ4n) is 1.87. The number of carbonyl (C=O) groups excluding carboxylic acids is 1. The van der Waals surface area contributed by atoms with Crippen LogP contribution in [0.4, 0.5) is 5.69 Å². The van der Waals surface area contributed by atoms with E-state index in [2.05, 4.69) is 16.3 Å². The van der Waals surface area contributed by atoms with Crippen LogP contribution in [0.1, 0.15) is 31.9 Å². The van der Waals surface area contributed by atoms with Gasteiger partial charge in [-0.05, 0) is 43.6 Å². The Morgan fingerprint density at radius 1 is 1.27 bits per heavy atom. The van der Waals surface area contributed by atoms with E-state index >= 15 is 0 Å². The smallest absolute Gasteiger partial charge is 0.241 e. The predicted octanol–water partition coefficient (Wildman–Crippen LogP) is 3.21. The Labute approximate surface area is 146 Å². The van der Waals surface area contributed by atoms with Gasteiger partial charge < -0.3 is 16.0 Å². The van der Waals surface area contributed by atoms with E-state index < -0.39 is 6.04 Å². The number of aryl methyl sites for hydroxylation is 1. The van der Waals surface area contributed by atoms with Crippen molar-refractivity contribution in [1.29, 1.82) is 0 Å². The van der Waals surface area contributed by atoms with Crippen molar-refractivity contribution in [3.8, 4) is 0 Å². The van der Waals surface area contributed by atoms with E-state index in [0.29, 0.717) is 0 Å². The van der Waals surface area contributed by atoms with E-state index in [4.69, 9.17) is 5.73 Å². The summed E-state index contributed by atoms with van der Waals surface area (Å²) in [6, 6.07) is 5.59. The maximum Gasteiger partial charge on any atom is 0.241 e. The van der Waals surface area contributed by atoms with E-state index in [-0.39, 0.29) is 36.1 Å². The molecule has 4 nitrogen and oxygen atoms in total. The first-order chi connectivity index (χ1) is 9.11. The van der Waals surface area contributed by atoms with Gasteiger partial charge in [0.2, 0.25) is 5.91 Å². The number of benzene rings is 1. The van der Waals surface area contributed by atoms with Crippen LogP contribution in [0, 0.1) is 12.3 Å². The molecule has 0 heterocycles. The molecule has 128 valence electrons. The molecule has 0 radical (unpaired) electrons. The van der Waals surface area contributed by atoms with Gasteiger partial charge >= 0.3 is 0 Å². The first-order valence-corrected chi connectivity index (χ1v) is 6.92. The van der Waals surface area contributed by atoms with Crippen LogP contribution in [0.5, 0.6) is 0 Å². The molecule has 0 aliphatic rings. The molecule has 0 saturated carbocycles. The summed E-state index contributed by atoms with van der Waals surface area (Å²) in [6.07, 6.45) is 0. The number of carbonyl (C=O) groups is 1. The molecule has 1 atom stereocenters. The van der Waals surface area contributed by atoms with Crippen LogP contribution in [0.3, 0.4) is 0 Å². The van der Waals surface area contributed by atoms with Crippen LogP contribution in [0.15, 0.2) is 18.2 Å². The van der Waals surface area contributed by atoms with Crippen LogP contribution in [0.25, 0.3) is 0 Å². The Morgan fingerprint density at radius 2 is 1.82 bits per heavy atom. The second-order valence-corrected chi connectivity index (χ2v) is 6.72. The van der Waals surface area contributed by atoms with Gasteiger partial charge in [0.25, 0.3) is 0 Å². The Balaban J connectivity index is 0. The van der Waals surface area contributed by atoms with E-state index in [0.717, 1.165) is 17.8 Å². The number of hydrogen-bond acceptors (Lipinski definition) is 3. The van der Waals surface area contributed by atoms with Gasteiger partial charge in [0, 0.05) is 12.2 Å². The SMILES string of the molecule is Cc1ccc(CN(C)C)cc1NC(=O)[C@@H](N)C(C)(C)C.Cl.Cl. The molecule has 3 N–H and O–H groups in total. The fraction of sp³-hybridized carbons (Fsp3) is 0.562. The summed E-state index contributed by atoms with van der Waals surface area (Å²) in [7, 11) is 4.04. The summed E-state index contributed by atoms with van der Waals surface area (Å²) in [5, 5.41) is 2.95. The van der Waals surface area contributed by atoms with Crippen molar-refractivity contribution in [1.82, 2.24) is 4.90 Å². The summed E-state index contributed by atoms with van der Waals surface area (Å²) in [5.74, 6) is -0.136. The maximum atomic E-state index is 12.2. The summed E-state index contributed by atoms with van der Waals surface area (Å²) >= 11 is 0. The van der Waals surface area contributed by atoms with Crippen molar-refractivity contribution in [2.24, 2.45) is 11.1 Å². The highest BCUT2D eigenvalue weighted by Crippen LogP contribution is 2.21. The topological polar surface area (TPSA) is 58.4 Å². The van der Waals surface area contributed by atoms with Gasteiger partial charge in [-0.15, -0.1) is 24.8 Å². The molecule has 0 saturated heterocycles. The number of nitrogens with two attached hydrogens (primary N) is 1. The number of amides is 1. The van der Waals surface area contributed by atoms with E-state index in [1.54, 1.807) is 0 Å². The summed E-state index contributed by atoms with van der Waals surface area (Å²) < 4.78 is 0. The fourth-order valence-corrected chi connectivity index (χ4v) is 1.87. The molecule has 0 aromatic heterocycles. The third-order valence-electron chi connectivity index (χ3n) is 3.27. The second-order valence-electron chi connectivity index (χ2n) is 6.72. The standard InChI is InChI=1S/C16H27N3O.2ClH/c1-11-7-8-12(10-19(5)6)9-13(11)18-15(20)14(17)16(2,3)4;;/h7-9,14H,10,17H2,1-6H3,(H,18,20);2*1H/t14-;;/m1../s1. The molecule has 1 amide bonds. The van der Waals surface area contributed by atoms with Crippen molar-refractivity contribution < 1.29 is 4.79 Å². The van der Waals surface area contributed by atoms with Gasteiger partial charge in [-0.25, -0.2) is 0 Å². The molecule has 22 heavy (non-hydrogen) atoms. The molecule has 6 heteroatoms. The van der Waals surface area contributed by atoms with Crippen molar-refractivity contribution in [2.45, 2.75) is 40.3 Å². The molecule has 0 unspecified atom stereocenters. The average Bonchev–Trinajstić information content (AvgIpc) is 2.30. The Kier molecular flexibility index (Phi) is 9.98. The van der Waals surface area contributed by atoms with Crippen LogP contribution in [-0.4, -0.2) is 30.9 Å². The lowest BCUT2D eigenvalue weighted by Gasteiger charge is -2.26. The van der Waals surface area contributed by atoms with Crippen LogP contribution >= 0.6 is 24.8 Å². The van der Waals surface area contributed by atoms with E-state index in [1.165, 1.54) is 5.56 Å². The highest BCUT2D eigenvalue weighted by atomic mass is 35.5. The van der Waals surface area contributed by atoms with Gasteiger partial charge in [0.1, 0.15) is 0 Å². The number of anilines is 1. The minimum atomic E-state index is -0.528. The number of nitrogens with one attached hydrogen (secondary N) is 1. The second kappa shape index (κ2) is 9.36. The molecule has 0 fully saturated rings. The van der Waals surface area contributed by atoms with Crippen molar-refractivity contribution >= 4 is 36.4 Å². The Bertz CT molecular complexity index is 485. The third kappa shape index (κ3) is 6.97. The zero-order chi connectivity index (χ0) is 15.5. The minimum Gasteiger partial charge on any atom is -0.324 e. The molecule has 0 aliphatic heterocycles.